The second-order valence-corrected chi connectivity index (χ2v) is 7.04. The maximum atomic E-state index is 12.7. The lowest BCUT2D eigenvalue weighted by Gasteiger charge is -2.37. The van der Waals surface area contributed by atoms with E-state index in [2.05, 4.69) is 18.2 Å². The highest BCUT2D eigenvalue weighted by atomic mass is 35.5. The van der Waals surface area contributed by atoms with Crippen LogP contribution in [0.3, 0.4) is 0 Å². The Labute approximate surface area is 159 Å². The highest BCUT2D eigenvalue weighted by molar-refractivity contribution is 6.15. The predicted octanol–water partition coefficient (Wildman–Crippen LogP) is 3.01. The number of amides is 1. The van der Waals surface area contributed by atoms with Gasteiger partial charge in [0.15, 0.2) is 0 Å². The third-order valence-electron chi connectivity index (χ3n) is 4.80. The Balaban J connectivity index is 1.52. The fraction of sp³-hybridized carbons (Fsp3) is 0.450. The van der Waals surface area contributed by atoms with Gasteiger partial charge in [0, 0.05) is 13.1 Å². The number of ether oxygens (including phenoxy) is 1. The van der Waals surface area contributed by atoms with Crippen LogP contribution in [0.1, 0.15) is 19.3 Å². The SMILES string of the molecule is NCCCC[C@H]1C(=O)N(CCOc2ccc3ccccc3c2)CCN1Cl. The third-order valence-corrected chi connectivity index (χ3v) is 5.21. The highest BCUT2D eigenvalue weighted by Gasteiger charge is 2.33. The highest BCUT2D eigenvalue weighted by Crippen LogP contribution is 2.21. The molecular formula is C20H26ClN3O2. The van der Waals surface area contributed by atoms with E-state index in [1.54, 1.807) is 4.42 Å². The Bertz CT molecular complexity index is 740. The van der Waals surface area contributed by atoms with E-state index in [4.69, 9.17) is 22.2 Å². The lowest BCUT2D eigenvalue weighted by atomic mass is 10.1. The van der Waals surface area contributed by atoms with Crippen molar-refractivity contribution in [2.75, 3.05) is 32.8 Å². The minimum atomic E-state index is -0.252. The first-order chi connectivity index (χ1) is 12.7. The summed E-state index contributed by atoms with van der Waals surface area (Å²) in [7, 11) is 0. The first-order valence-corrected chi connectivity index (χ1v) is 9.56. The molecule has 1 aliphatic rings. The number of hydrogen-bond donors (Lipinski definition) is 1. The smallest absolute Gasteiger partial charge is 0.241 e. The van der Waals surface area contributed by atoms with Gasteiger partial charge < -0.3 is 15.4 Å². The summed E-state index contributed by atoms with van der Waals surface area (Å²) in [4.78, 5) is 14.5. The van der Waals surface area contributed by atoms with E-state index in [1.807, 2.05) is 29.2 Å². The number of benzene rings is 2. The van der Waals surface area contributed by atoms with Crippen LogP contribution in [0.15, 0.2) is 42.5 Å². The number of nitrogens with zero attached hydrogens (tertiary/aromatic N) is 2. The number of piperazine rings is 1. The molecule has 0 aliphatic carbocycles. The monoisotopic (exact) mass is 375 g/mol. The first-order valence-electron chi connectivity index (χ1n) is 9.22. The van der Waals surface area contributed by atoms with Gasteiger partial charge in [-0.05, 0) is 54.1 Å². The number of carbonyl (C=O) groups is 1. The van der Waals surface area contributed by atoms with Gasteiger partial charge in [0.1, 0.15) is 18.4 Å². The van der Waals surface area contributed by atoms with Gasteiger partial charge in [-0.15, -0.1) is 0 Å². The standard InChI is InChI=1S/C20H26ClN3O2/c21-24-12-11-23(20(25)19(24)7-3-4-10-22)13-14-26-18-9-8-16-5-1-2-6-17(16)15-18/h1-2,5-6,8-9,15,19H,3-4,7,10-14,22H2/t19-/m0/s1. The van der Waals surface area contributed by atoms with E-state index in [0.29, 0.717) is 32.8 Å². The van der Waals surface area contributed by atoms with Gasteiger partial charge in [0.25, 0.3) is 0 Å². The van der Waals surface area contributed by atoms with Crippen LogP contribution in [0.4, 0.5) is 0 Å². The van der Waals surface area contributed by atoms with Crippen molar-refractivity contribution in [3.63, 3.8) is 0 Å². The van der Waals surface area contributed by atoms with Crippen LogP contribution in [0.2, 0.25) is 0 Å². The fourth-order valence-electron chi connectivity index (χ4n) is 3.31. The zero-order valence-corrected chi connectivity index (χ0v) is 15.7. The van der Waals surface area contributed by atoms with E-state index in [1.165, 1.54) is 5.39 Å². The molecule has 5 nitrogen and oxygen atoms in total. The van der Waals surface area contributed by atoms with Crippen molar-refractivity contribution in [3.8, 4) is 5.75 Å². The molecule has 1 amide bonds. The van der Waals surface area contributed by atoms with Crippen molar-refractivity contribution in [2.45, 2.75) is 25.3 Å². The quantitative estimate of drug-likeness (QED) is 0.569. The number of carbonyl (C=O) groups excluding carboxylic acids is 1. The van der Waals surface area contributed by atoms with Crippen molar-refractivity contribution < 1.29 is 9.53 Å². The molecular weight excluding hydrogens is 350 g/mol. The van der Waals surface area contributed by atoms with Gasteiger partial charge in [-0.1, -0.05) is 36.8 Å². The second kappa shape index (κ2) is 9.21. The molecule has 2 aromatic rings. The predicted molar refractivity (Wildman–Crippen MR) is 105 cm³/mol. The molecule has 26 heavy (non-hydrogen) atoms. The van der Waals surface area contributed by atoms with Gasteiger partial charge in [-0.2, -0.15) is 0 Å². The Morgan fingerprint density at radius 3 is 2.73 bits per heavy atom. The minimum Gasteiger partial charge on any atom is -0.492 e. The molecule has 1 aliphatic heterocycles. The average Bonchev–Trinajstić information content (AvgIpc) is 2.66. The second-order valence-electron chi connectivity index (χ2n) is 6.61. The molecule has 0 radical (unpaired) electrons. The number of hydrogen-bond acceptors (Lipinski definition) is 4. The molecule has 0 unspecified atom stereocenters. The van der Waals surface area contributed by atoms with Gasteiger partial charge in [0.2, 0.25) is 5.91 Å². The van der Waals surface area contributed by atoms with E-state index in [0.717, 1.165) is 30.4 Å². The summed E-state index contributed by atoms with van der Waals surface area (Å²) < 4.78 is 7.51. The van der Waals surface area contributed by atoms with E-state index < -0.39 is 0 Å². The summed E-state index contributed by atoms with van der Waals surface area (Å²) in [6, 6.07) is 14.0. The molecule has 3 rings (SSSR count). The van der Waals surface area contributed by atoms with Crippen LogP contribution in [0.25, 0.3) is 10.8 Å². The minimum absolute atomic E-state index is 0.0883. The molecule has 140 valence electrons. The number of rotatable bonds is 8. The molecule has 1 heterocycles. The summed E-state index contributed by atoms with van der Waals surface area (Å²) in [5.41, 5.74) is 5.54. The summed E-state index contributed by atoms with van der Waals surface area (Å²) in [6.45, 7) is 3.01. The average molecular weight is 376 g/mol. The summed E-state index contributed by atoms with van der Waals surface area (Å²) in [6.07, 6.45) is 2.58. The van der Waals surface area contributed by atoms with E-state index in [9.17, 15) is 4.79 Å². The van der Waals surface area contributed by atoms with Crippen LogP contribution >= 0.6 is 11.8 Å². The third kappa shape index (κ3) is 4.67. The number of fused-ring (bicyclic) bond motifs is 1. The molecule has 0 aromatic heterocycles. The topological polar surface area (TPSA) is 58.8 Å². The fourth-order valence-corrected chi connectivity index (χ4v) is 3.57. The Morgan fingerprint density at radius 2 is 1.92 bits per heavy atom. The van der Waals surface area contributed by atoms with Crippen LogP contribution in [-0.4, -0.2) is 54.1 Å². The maximum absolute atomic E-state index is 12.7. The van der Waals surface area contributed by atoms with Crippen molar-refractivity contribution in [1.29, 1.82) is 0 Å². The summed E-state index contributed by atoms with van der Waals surface area (Å²) >= 11 is 6.23. The molecule has 2 N–H and O–H groups in total. The van der Waals surface area contributed by atoms with Gasteiger partial charge in [0.05, 0.1) is 6.54 Å². The number of unbranched alkanes of at least 4 members (excludes halogenated alkanes) is 1. The molecule has 0 saturated carbocycles. The van der Waals surface area contributed by atoms with Gasteiger partial charge >= 0.3 is 0 Å². The normalized spacial score (nSPS) is 18.5. The first kappa shape index (κ1) is 19.0. The molecule has 1 fully saturated rings. The van der Waals surface area contributed by atoms with Crippen molar-refractivity contribution in [2.24, 2.45) is 5.73 Å². The van der Waals surface area contributed by atoms with Gasteiger partial charge in [-0.3, -0.25) is 4.79 Å². The van der Waals surface area contributed by atoms with Crippen molar-refractivity contribution in [3.05, 3.63) is 42.5 Å². The molecule has 6 heteroatoms. The molecule has 1 saturated heterocycles. The number of halogens is 1. The van der Waals surface area contributed by atoms with Crippen LogP contribution in [-0.2, 0) is 4.79 Å². The van der Waals surface area contributed by atoms with E-state index >= 15 is 0 Å². The molecule has 0 spiro atoms. The molecule has 2 aromatic carbocycles. The van der Waals surface area contributed by atoms with Crippen molar-refractivity contribution in [1.82, 2.24) is 9.32 Å². The van der Waals surface area contributed by atoms with E-state index in [-0.39, 0.29) is 11.9 Å². The summed E-state index contributed by atoms with van der Waals surface area (Å²) in [5.74, 6) is 0.914. The largest absolute Gasteiger partial charge is 0.492 e. The number of nitrogens with two attached hydrogens (primary N) is 1. The van der Waals surface area contributed by atoms with Crippen molar-refractivity contribution >= 4 is 28.5 Å². The zero-order valence-electron chi connectivity index (χ0n) is 14.9. The lowest BCUT2D eigenvalue weighted by molar-refractivity contribution is -0.139. The Morgan fingerprint density at radius 1 is 1.12 bits per heavy atom. The maximum Gasteiger partial charge on any atom is 0.241 e. The Hall–Kier alpha value is -1.82. The molecule has 1 atom stereocenters. The van der Waals surface area contributed by atoms with Gasteiger partial charge in [-0.25, -0.2) is 4.42 Å². The van der Waals surface area contributed by atoms with Crippen LogP contribution < -0.4 is 10.5 Å². The zero-order chi connectivity index (χ0) is 18.4. The molecule has 0 bridgehead atoms. The van der Waals surface area contributed by atoms with Crippen LogP contribution in [0.5, 0.6) is 5.75 Å². The van der Waals surface area contributed by atoms with Crippen LogP contribution in [0, 0.1) is 0 Å². The lowest BCUT2D eigenvalue weighted by Crippen LogP contribution is -2.54. The summed E-state index contributed by atoms with van der Waals surface area (Å²) in [5, 5.41) is 2.34. The Kier molecular flexibility index (Phi) is 6.72.